The van der Waals surface area contributed by atoms with Crippen LogP contribution in [0.5, 0.6) is 0 Å². The number of fused-ring (bicyclic) bond motifs is 1. The monoisotopic (exact) mass is 606 g/mol. The maximum absolute atomic E-state index is 12.3. The number of nitrogens with zero attached hydrogens (tertiary/aromatic N) is 1. The van der Waals surface area contributed by atoms with Crippen LogP contribution >= 0.6 is 23.1 Å². The zero-order chi connectivity index (χ0) is 29.3. The molecule has 42 heavy (non-hydrogen) atoms. The van der Waals surface area contributed by atoms with Gasteiger partial charge in [-0.05, 0) is 48.2 Å². The molecule has 4 aromatic rings. The molecule has 1 aromatic heterocycles. The molecule has 1 aliphatic heterocycles. The van der Waals surface area contributed by atoms with Gasteiger partial charge in [-0.15, -0.1) is 11.3 Å². The summed E-state index contributed by atoms with van der Waals surface area (Å²) in [7, 11) is 0. The Kier molecular flexibility index (Phi) is 10.6. The summed E-state index contributed by atoms with van der Waals surface area (Å²) >= 11 is 3.37. The highest BCUT2D eigenvalue weighted by Crippen LogP contribution is 2.40. The molecule has 8 nitrogen and oxygen atoms in total. The van der Waals surface area contributed by atoms with Gasteiger partial charge in [0.15, 0.2) is 10.6 Å². The first-order chi connectivity index (χ1) is 20.5. The number of amides is 1. The van der Waals surface area contributed by atoms with Crippen LogP contribution in [0.1, 0.15) is 67.6 Å². The Bertz CT molecular complexity index is 1440. The average Bonchev–Trinajstić information content (AvgIpc) is 3.43. The predicted octanol–water partition coefficient (Wildman–Crippen LogP) is 7.10. The van der Waals surface area contributed by atoms with Crippen molar-refractivity contribution in [1.82, 2.24) is 4.98 Å². The van der Waals surface area contributed by atoms with Crippen LogP contribution in [0.2, 0.25) is 0 Å². The van der Waals surface area contributed by atoms with Gasteiger partial charge in [-0.1, -0.05) is 66.7 Å². The van der Waals surface area contributed by atoms with Crippen molar-refractivity contribution in [3.05, 3.63) is 89.5 Å². The van der Waals surface area contributed by atoms with Gasteiger partial charge < -0.3 is 25.0 Å². The summed E-state index contributed by atoms with van der Waals surface area (Å²) in [4.78, 5) is 27.7. The average molecular weight is 607 g/mol. The van der Waals surface area contributed by atoms with Crippen molar-refractivity contribution in [2.24, 2.45) is 0 Å². The van der Waals surface area contributed by atoms with Gasteiger partial charge in [0.2, 0.25) is 5.91 Å². The Hall–Kier alpha value is -3.28. The Morgan fingerprint density at radius 1 is 0.929 bits per heavy atom. The molecular formula is C32H34N2O6S2. The van der Waals surface area contributed by atoms with Gasteiger partial charge in [0.25, 0.3) is 0 Å². The molecule has 1 saturated heterocycles. The van der Waals surface area contributed by atoms with Crippen LogP contribution in [-0.2, 0) is 25.7 Å². The fraction of sp³-hybridized carbons (Fsp3) is 0.344. The van der Waals surface area contributed by atoms with Crippen LogP contribution in [0.4, 0.5) is 5.69 Å². The Balaban J connectivity index is 1.23. The third kappa shape index (κ3) is 8.39. The number of carboxylic acid groups (broad SMARTS) is 1. The van der Waals surface area contributed by atoms with Gasteiger partial charge in [0.1, 0.15) is 0 Å². The summed E-state index contributed by atoms with van der Waals surface area (Å²) in [5.74, 6) is -0.179. The molecule has 3 N–H and O–H groups in total. The van der Waals surface area contributed by atoms with E-state index in [4.69, 9.17) is 19.6 Å². The second-order valence-corrected chi connectivity index (χ2v) is 12.5. The van der Waals surface area contributed by atoms with Crippen molar-refractivity contribution >= 4 is 50.9 Å². The molecule has 3 aromatic carbocycles. The maximum atomic E-state index is 12.3. The van der Waals surface area contributed by atoms with E-state index in [1.54, 1.807) is 23.1 Å². The minimum absolute atomic E-state index is 0.00736. The lowest BCUT2D eigenvalue weighted by molar-refractivity contribution is -0.245. The number of carbonyl (C=O) groups excluding carboxylic acids is 1. The van der Waals surface area contributed by atoms with E-state index in [1.165, 1.54) is 0 Å². The van der Waals surface area contributed by atoms with Crippen molar-refractivity contribution in [2.45, 2.75) is 68.0 Å². The van der Waals surface area contributed by atoms with E-state index in [2.05, 4.69) is 11.4 Å². The number of thiazole rings is 1. The number of aliphatic carboxylic acids is 1. The van der Waals surface area contributed by atoms with Crippen LogP contribution in [0.15, 0.2) is 77.1 Å². The highest BCUT2D eigenvalue weighted by atomic mass is 32.2. The number of carbonyl (C=O) groups is 2. The van der Waals surface area contributed by atoms with E-state index < -0.39 is 12.3 Å². The molecular weight excluding hydrogens is 572 g/mol. The molecule has 5 rings (SSSR count). The van der Waals surface area contributed by atoms with Crippen LogP contribution in [0, 0.1) is 0 Å². The number of aliphatic hydroxyl groups is 1. The standard InChI is InChI=1S/C32H34N2O6S2/c35-19-21-10-12-22(13-11-21)27-18-25(20-41-32-34-26-6-4-5-7-28(26)42-32)39-31(40-27)23-14-16-24(17-15-23)33-29(36)8-2-1-3-9-30(37)38/h4-7,10-17,25,27,31,35H,1-3,8-9,18-20H2,(H,33,36)(H,37,38)/t25-,27+,31+/m1/s1. The Labute approximate surface area is 253 Å². The van der Waals surface area contributed by atoms with Crippen LogP contribution in [0.3, 0.4) is 0 Å². The van der Waals surface area contributed by atoms with Crippen molar-refractivity contribution in [1.29, 1.82) is 0 Å². The number of thioether (sulfide) groups is 1. The van der Waals surface area contributed by atoms with E-state index in [-0.39, 0.29) is 31.1 Å². The van der Waals surface area contributed by atoms with Gasteiger partial charge in [-0.3, -0.25) is 9.59 Å². The molecule has 220 valence electrons. The summed E-state index contributed by atoms with van der Waals surface area (Å²) < 4.78 is 15.1. The SMILES string of the molecule is O=C(O)CCCCCC(=O)Nc1ccc([C@H]2O[C@@H](CSc3nc4ccccc4s3)C[C@@H](c3ccc(CO)cc3)O2)cc1. The third-order valence-corrected chi connectivity index (χ3v) is 9.35. The van der Waals surface area contributed by atoms with Gasteiger partial charge in [0.05, 0.1) is 29.0 Å². The van der Waals surface area contributed by atoms with E-state index in [0.717, 1.165) is 37.0 Å². The molecule has 3 atom stereocenters. The number of aliphatic hydroxyl groups excluding tert-OH is 1. The van der Waals surface area contributed by atoms with E-state index in [9.17, 15) is 14.7 Å². The minimum Gasteiger partial charge on any atom is -0.481 e. The zero-order valence-corrected chi connectivity index (χ0v) is 24.7. The molecule has 1 aliphatic rings. The lowest BCUT2D eigenvalue weighted by atomic mass is 10.0. The lowest BCUT2D eigenvalue weighted by Crippen LogP contribution is -2.31. The highest BCUT2D eigenvalue weighted by Gasteiger charge is 2.32. The maximum Gasteiger partial charge on any atom is 0.303 e. The number of carboxylic acids is 1. The number of rotatable bonds is 13. The topological polar surface area (TPSA) is 118 Å². The molecule has 1 fully saturated rings. The smallest absolute Gasteiger partial charge is 0.303 e. The van der Waals surface area contributed by atoms with E-state index >= 15 is 0 Å². The van der Waals surface area contributed by atoms with Gasteiger partial charge in [0, 0.05) is 36.3 Å². The van der Waals surface area contributed by atoms with Gasteiger partial charge in [-0.25, -0.2) is 4.98 Å². The number of nitrogens with one attached hydrogen (secondary N) is 1. The number of ether oxygens (including phenoxy) is 2. The third-order valence-electron chi connectivity index (χ3n) is 7.04. The number of aromatic nitrogens is 1. The molecule has 0 unspecified atom stereocenters. The first kappa shape index (κ1) is 30.2. The summed E-state index contributed by atoms with van der Waals surface area (Å²) in [5.41, 5.74) is 4.42. The summed E-state index contributed by atoms with van der Waals surface area (Å²) in [6.45, 7) is -0.00736. The Morgan fingerprint density at radius 2 is 1.67 bits per heavy atom. The zero-order valence-electron chi connectivity index (χ0n) is 23.1. The number of hydrogen-bond donors (Lipinski definition) is 3. The van der Waals surface area contributed by atoms with Crippen LogP contribution in [-0.4, -0.2) is 38.9 Å². The fourth-order valence-corrected chi connectivity index (χ4v) is 6.90. The Morgan fingerprint density at radius 3 is 2.40 bits per heavy atom. The van der Waals surface area contributed by atoms with Crippen molar-refractivity contribution in [2.75, 3.05) is 11.1 Å². The largest absolute Gasteiger partial charge is 0.481 e. The van der Waals surface area contributed by atoms with Crippen molar-refractivity contribution in [3.8, 4) is 0 Å². The summed E-state index contributed by atoms with van der Waals surface area (Å²) in [6, 6.07) is 23.4. The first-order valence-electron chi connectivity index (χ1n) is 14.1. The number of anilines is 1. The van der Waals surface area contributed by atoms with Gasteiger partial charge >= 0.3 is 5.97 Å². The number of hydrogen-bond acceptors (Lipinski definition) is 8. The second-order valence-electron chi connectivity index (χ2n) is 10.2. The van der Waals surface area contributed by atoms with Crippen molar-refractivity contribution < 1.29 is 29.3 Å². The number of unbranched alkanes of at least 4 members (excludes halogenated alkanes) is 2. The lowest BCUT2D eigenvalue weighted by Gasteiger charge is -2.36. The molecule has 0 aliphatic carbocycles. The van der Waals surface area contributed by atoms with Crippen molar-refractivity contribution in [3.63, 3.8) is 0 Å². The molecule has 0 saturated carbocycles. The number of para-hydroxylation sites is 1. The van der Waals surface area contributed by atoms with E-state index in [0.29, 0.717) is 37.8 Å². The number of benzene rings is 3. The molecule has 0 radical (unpaired) electrons. The molecule has 0 spiro atoms. The minimum atomic E-state index is -0.810. The molecule has 1 amide bonds. The first-order valence-corrected chi connectivity index (χ1v) is 15.9. The quantitative estimate of drug-likeness (QED) is 0.109. The molecule has 10 heteroatoms. The fourth-order valence-electron chi connectivity index (χ4n) is 4.79. The normalized spacial score (nSPS) is 18.6. The van der Waals surface area contributed by atoms with Gasteiger partial charge in [-0.2, -0.15) is 0 Å². The molecule has 2 heterocycles. The van der Waals surface area contributed by atoms with Crippen LogP contribution < -0.4 is 5.32 Å². The predicted molar refractivity (Wildman–Crippen MR) is 165 cm³/mol. The summed E-state index contributed by atoms with van der Waals surface area (Å²) in [6.07, 6.45) is 2.25. The second kappa shape index (κ2) is 14.8. The highest BCUT2D eigenvalue weighted by molar-refractivity contribution is 8.01. The molecule has 0 bridgehead atoms. The van der Waals surface area contributed by atoms with E-state index in [1.807, 2.05) is 66.7 Å². The van der Waals surface area contributed by atoms with Crippen LogP contribution in [0.25, 0.3) is 10.2 Å². The summed E-state index contributed by atoms with van der Waals surface area (Å²) in [5, 5.41) is 21.1.